The smallest absolute Gasteiger partial charge is 0.272 e. The fraction of sp³-hybridized carbons (Fsp3) is 0.103. The number of nitrogens with one attached hydrogen (secondary N) is 3. The van der Waals surface area contributed by atoms with Crippen LogP contribution in [0.3, 0.4) is 0 Å². The van der Waals surface area contributed by atoms with Crippen molar-refractivity contribution < 1.29 is 24.0 Å². The van der Waals surface area contributed by atoms with Gasteiger partial charge in [-0.25, -0.2) is 0 Å². The lowest BCUT2D eigenvalue weighted by Gasteiger charge is -2.18. The number of hydrogen-bond donors (Lipinski definition) is 3. The molecule has 5 rings (SSSR count). The van der Waals surface area contributed by atoms with Gasteiger partial charge in [-0.2, -0.15) is 0 Å². The van der Waals surface area contributed by atoms with Crippen molar-refractivity contribution in [3.8, 4) is 5.75 Å². The molecule has 0 spiro atoms. The minimum absolute atomic E-state index is 0.0405. The molecule has 0 bridgehead atoms. The van der Waals surface area contributed by atoms with Crippen molar-refractivity contribution >= 4 is 52.6 Å². The van der Waals surface area contributed by atoms with Crippen LogP contribution < -0.4 is 20.7 Å². The van der Waals surface area contributed by atoms with Gasteiger partial charge in [0.15, 0.2) is 0 Å². The number of rotatable bonds is 13. The number of anilines is 2. The standard InChI is InChI=1S/C39H34N4O6S/c1-3-49-32-20-15-27(16-21-32)24-35(42-37(44)29-12-8-5-9-13-29)38(45)40-30-17-22-33(23-18-30)50-36(28-10-6-4-7-11-28)39(46)41-34-25-31(43(47)48)19-14-26(34)2/h4-25,36H,3H2,1-2H3,(H,40,45)(H,41,46)(H,42,44)/b35-24-. The monoisotopic (exact) mass is 686 g/mol. The zero-order valence-electron chi connectivity index (χ0n) is 27.3. The van der Waals surface area contributed by atoms with Crippen LogP contribution in [0.25, 0.3) is 6.08 Å². The summed E-state index contributed by atoms with van der Waals surface area (Å²) in [5.41, 5.74) is 3.27. The molecule has 0 radical (unpaired) electrons. The average molecular weight is 687 g/mol. The van der Waals surface area contributed by atoms with Crippen LogP contribution in [-0.2, 0) is 9.59 Å². The van der Waals surface area contributed by atoms with E-state index >= 15 is 0 Å². The van der Waals surface area contributed by atoms with Gasteiger partial charge in [0.25, 0.3) is 17.5 Å². The molecule has 3 N–H and O–H groups in total. The topological polar surface area (TPSA) is 140 Å². The minimum atomic E-state index is -0.688. The summed E-state index contributed by atoms with van der Waals surface area (Å²) in [5.74, 6) is -0.624. The molecular formula is C39H34N4O6S. The Morgan fingerprint density at radius 2 is 1.50 bits per heavy atom. The molecule has 252 valence electrons. The van der Waals surface area contributed by atoms with E-state index < -0.39 is 22.0 Å². The van der Waals surface area contributed by atoms with Crippen LogP contribution in [0.4, 0.5) is 17.1 Å². The molecule has 50 heavy (non-hydrogen) atoms. The molecule has 10 nitrogen and oxygen atoms in total. The second-order valence-electron chi connectivity index (χ2n) is 11.0. The number of nitro benzene ring substituents is 1. The Morgan fingerprint density at radius 1 is 0.840 bits per heavy atom. The van der Waals surface area contributed by atoms with Crippen LogP contribution in [0.15, 0.2) is 138 Å². The van der Waals surface area contributed by atoms with E-state index in [9.17, 15) is 24.5 Å². The molecule has 5 aromatic carbocycles. The summed E-state index contributed by atoms with van der Waals surface area (Å²) in [6, 6.07) is 36.3. The largest absolute Gasteiger partial charge is 0.494 e. The molecule has 0 heterocycles. The molecule has 0 aliphatic rings. The van der Waals surface area contributed by atoms with Gasteiger partial charge in [0.05, 0.1) is 17.2 Å². The Kier molecular flexibility index (Phi) is 11.8. The Bertz CT molecular complexity index is 2000. The second-order valence-corrected chi connectivity index (χ2v) is 12.2. The first-order valence-electron chi connectivity index (χ1n) is 15.7. The molecule has 0 saturated heterocycles. The van der Waals surface area contributed by atoms with Crippen LogP contribution in [0.1, 0.15) is 39.2 Å². The van der Waals surface area contributed by atoms with E-state index in [-0.39, 0.29) is 17.3 Å². The molecule has 11 heteroatoms. The molecule has 0 saturated carbocycles. The zero-order chi connectivity index (χ0) is 35.5. The van der Waals surface area contributed by atoms with E-state index in [2.05, 4.69) is 16.0 Å². The third-order valence-corrected chi connectivity index (χ3v) is 8.69. The fourth-order valence-corrected chi connectivity index (χ4v) is 5.87. The molecule has 1 unspecified atom stereocenters. The summed E-state index contributed by atoms with van der Waals surface area (Å²) in [4.78, 5) is 51.8. The Balaban J connectivity index is 1.34. The highest BCUT2D eigenvalue weighted by Crippen LogP contribution is 2.37. The molecule has 0 fully saturated rings. The highest BCUT2D eigenvalue weighted by Gasteiger charge is 2.24. The normalized spacial score (nSPS) is 11.6. The maximum absolute atomic E-state index is 13.6. The molecule has 0 aliphatic carbocycles. The lowest BCUT2D eigenvalue weighted by atomic mass is 10.1. The first-order valence-corrected chi connectivity index (χ1v) is 16.6. The number of hydrogen-bond acceptors (Lipinski definition) is 7. The van der Waals surface area contributed by atoms with Crippen molar-refractivity contribution in [2.24, 2.45) is 0 Å². The Labute approximate surface area is 293 Å². The first-order chi connectivity index (χ1) is 24.2. The first kappa shape index (κ1) is 35.1. The third-order valence-electron chi connectivity index (χ3n) is 7.43. The van der Waals surface area contributed by atoms with Gasteiger partial charge in [-0.05, 0) is 85.1 Å². The highest BCUT2D eigenvalue weighted by molar-refractivity contribution is 8.00. The Hall–Kier alpha value is -6.20. The number of thioether (sulfide) groups is 1. The number of carbonyl (C=O) groups excluding carboxylic acids is 3. The maximum Gasteiger partial charge on any atom is 0.272 e. The fourth-order valence-electron chi connectivity index (χ4n) is 4.84. The maximum atomic E-state index is 13.6. The Morgan fingerprint density at radius 3 is 2.14 bits per heavy atom. The number of carbonyl (C=O) groups is 3. The van der Waals surface area contributed by atoms with E-state index in [0.29, 0.717) is 40.4 Å². The summed E-state index contributed by atoms with van der Waals surface area (Å²) in [5, 5.41) is 19.1. The van der Waals surface area contributed by atoms with Crippen molar-refractivity contribution in [2.45, 2.75) is 24.0 Å². The summed E-state index contributed by atoms with van der Waals surface area (Å²) < 4.78 is 5.51. The van der Waals surface area contributed by atoms with Crippen molar-refractivity contribution in [1.82, 2.24) is 5.32 Å². The predicted molar refractivity (Wildman–Crippen MR) is 196 cm³/mol. The summed E-state index contributed by atoms with van der Waals surface area (Å²) in [6.07, 6.45) is 1.59. The molecular weight excluding hydrogens is 653 g/mol. The second kappa shape index (κ2) is 16.8. The number of amides is 3. The van der Waals surface area contributed by atoms with Gasteiger partial charge in [-0.3, -0.25) is 24.5 Å². The zero-order valence-corrected chi connectivity index (χ0v) is 28.1. The number of non-ortho nitro benzene ring substituents is 1. The number of nitro groups is 1. The summed E-state index contributed by atoms with van der Waals surface area (Å²) in [6.45, 7) is 4.18. The SMILES string of the molecule is CCOc1ccc(/C=C(\NC(=O)c2ccccc2)C(=O)Nc2ccc(SC(C(=O)Nc3cc([N+](=O)[O-])ccc3C)c3ccccc3)cc2)cc1. The van der Waals surface area contributed by atoms with Crippen LogP contribution in [0.2, 0.25) is 0 Å². The van der Waals surface area contributed by atoms with Gasteiger partial charge in [0, 0.05) is 28.3 Å². The number of benzene rings is 5. The molecule has 0 aliphatic heterocycles. The lowest BCUT2D eigenvalue weighted by Crippen LogP contribution is -2.30. The van der Waals surface area contributed by atoms with E-state index in [1.165, 1.54) is 23.9 Å². The van der Waals surface area contributed by atoms with Gasteiger partial charge in [-0.1, -0.05) is 66.7 Å². The van der Waals surface area contributed by atoms with Crippen LogP contribution >= 0.6 is 11.8 Å². The minimum Gasteiger partial charge on any atom is -0.494 e. The van der Waals surface area contributed by atoms with E-state index in [1.54, 1.807) is 97.9 Å². The van der Waals surface area contributed by atoms with Gasteiger partial charge in [-0.15, -0.1) is 11.8 Å². The quantitative estimate of drug-likeness (QED) is 0.0491. The third kappa shape index (κ3) is 9.45. The molecule has 0 aromatic heterocycles. The summed E-state index contributed by atoms with van der Waals surface area (Å²) in [7, 11) is 0. The van der Waals surface area contributed by atoms with Gasteiger partial charge < -0.3 is 20.7 Å². The van der Waals surface area contributed by atoms with Crippen molar-refractivity contribution in [3.05, 3.63) is 165 Å². The van der Waals surface area contributed by atoms with Crippen LogP contribution in [-0.4, -0.2) is 29.3 Å². The van der Waals surface area contributed by atoms with Crippen molar-refractivity contribution in [3.63, 3.8) is 0 Å². The molecule has 3 amide bonds. The van der Waals surface area contributed by atoms with Crippen molar-refractivity contribution in [1.29, 1.82) is 0 Å². The van der Waals surface area contributed by atoms with Gasteiger partial charge in [0.1, 0.15) is 16.7 Å². The highest BCUT2D eigenvalue weighted by atomic mass is 32.2. The number of aryl methyl sites for hydroxylation is 1. The van der Waals surface area contributed by atoms with Gasteiger partial charge in [0.2, 0.25) is 5.91 Å². The average Bonchev–Trinajstić information content (AvgIpc) is 3.13. The lowest BCUT2D eigenvalue weighted by molar-refractivity contribution is -0.384. The van der Waals surface area contributed by atoms with Crippen LogP contribution in [0.5, 0.6) is 5.75 Å². The van der Waals surface area contributed by atoms with Gasteiger partial charge >= 0.3 is 0 Å². The summed E-state index contributed by atoms with van der Waals surface area (Å²) >= 11 is 1.29. The number of nitrogens with zero attached hydrogens (tertiary/aromatic N) is 1. The van der Waals surface area contributed by atoms with E-state index in [0.717, 1.165) is 10.5 Å². The van der Waals surface area contributed by atoms with Crippen LogP contribution in [0, 0.1) is 17.0 Å². The predicted octanol–water partition coefficient (Wildman–Crippen LogP) is 8.18. The van der Waals surface area contributed by atoms with Crippen molar-refractivity contribution in [2.75, 3.05) is 17.2 Å². The number of ether oxygens (including phenoxy) is 1. The van der Waals surface area contributed by atoms with E-state index in [1.807, 2.05) is 37.3 Å². The molecule has 5 aromatic rings. The van der Waals surface area contributed by atoms with E-state index in [4.69, 9.17) is 4.74 Å². The molecule has 1 atom stereocenters.